The molecule has 0 amide bonds. The average Bonchev–Trinajstić information content (AvgIpc) is 3.69. The zero-order chi connectivity index (χ0) is 32.2. The lowest BCUT2D eigenvalue weighted by molar-refractivity contribution is 0.107. The van der Waals surface area contributed by atoms with E-state index in [1.54, 1.807) is 6.07 Å². The van der Waals surface area contributed by atoms with E-state index in [4.69, 9.17) is 20.9 Å². The van der Waals surface area contributed by atoms with Gasteiger partial charge in [0.15, 0.2) is 5.82 Å². The van der Waals surface area contributed by atoms with Gasteiger partial charge in [-0.15, -0.1) is 6.42 Å². The van der Waals surface area contributed by atoms with Crippen LogP contribution in [0.4, 0.5) is 19.0 Å². The third-order valence-corrected chi connectivity index (χ3v) is 11.1. The molecule has 9 rings (SSSR count). The van der Waals surface area contributed by atoms with Gasteiger partial charge in [-0.25, -0.2) is 13.2 Å². The maximum atomic E-state index is 17.2. The van der Waals surface area contributed by atoms with Crippen LogP contribution in [0.1, 0.15) is 44.6 Å². The molecule has 0 spiro atoms. The van der Waals surface area contributed by atoms with Crippen molar-refractivity contribution in [3.05, 3.63) is 47.5 Å². The van der Waals surface area contributed by atoms with Crippen LogP contribution in [0, 0.1) is 24.0 Å². The maximum absolute atomic E-state index is 17.2. The number of nitrogens with zero attached hydrogens (tertiary/aromatic N) is 4. The first-order chi connectivity index (χ1) is 22.7. The Labute approximate surface area is 269 Å². The zero-order valence-corrected chi connectivity index (χ0v) is 25.9. The number of alkyl halides is 1. The number of benzene rings is 3. The Bertz CT molecular complexity index is 2020. The van der Waals surface area contributed by atoms with E-state index in [9.17, 15) is 9.50 Å². The molecular weight excluding hydrogens is 607 g/mol. The van der Waals surface area contributed by atoms with Crippen LogP contribution in [0.2, 0.25) is 0 Å². The second-order valence-electron chi connectivity index (χ2n) is 13.8. The fraction of sp³-hybridized carbons (Fsp3) is 0.444. The fourth-order valence-corrected chi connectivity index (χ4v) is 9.11. The molecule has 2 N–H and O–H groups in total. The topological polar surface area (TPSA) is 83.0 Å². The number of hydrogen-bond donors (Lipinski definition) is 2. The standard InChI is InChI=1S/C36H34F3N5O3/c1-3-23-26(38)7-5-19-11-22(45)12-24(29(19)23)25-13-28-30-32(31(25)39)41-35(46-17-36-9-4-10-43(36)15-20(37)14-36)42-34(30)44-16-21-6-8-27(40-21)33(44)18(2)47-28/h1,5,7,11-13,18,20-21,27,33,40,45H,4,6,8-10,14-17H2,2H3/t18-,20+,21+,27-,33+,36-/m0/s1. The van der Waals surface area contributed by atoms with Crippen LogP contribution in [-0.4, -0.2) is 82.2 Å². The molecule has 2 bridgehead atoms. The molecule has 5 aliphatic heterocycles. The van der Waals surface area contributed by atoms with Crippen molar-refractivity contribution in [1.82, 2.24) is 20.2 Å². The maximum Gasteiger partial charge on any atom is 0.319 e. The number of fused-ring (bicyclic) bond motifs is 7. The molecule has 6 atom stereocenters. The lowest BCUT2D eigenvalue weighted by Crippen LogP contribution is -2.62. The molecular formula is C36H34F3N5O3. The molecule has 0 unspecified atom stereocenters. The van der Waals surface area contributed by atoms with Crippen molar-refractivity contribution >= 4 is 27.5 Å². The van der Waals surface area contributed by atoms with Gasteiger partial charge in [0, 0.05) is 42.5 Å². The van der Waals surface area contributed by atoms with Crippen LogP contribution in [0.15, 0.2) is 30.3 Å². The van der Waals surface area contributed by atoms with Gasteiger partial charge in [0.1, 0.15) is 47.5 Å². The van der Waals surface area contributed by atoms with Gasteiger partial charge in [0.25, 0.3) is 0 Å². The van der Waals surface area contributed by atoms with Crippen LogP contribution in [0.5, 0.6) is 17.5 Å². The van der Waals surface area contributed by atoms with Crippen molar-refractivity contribution < 1.29 is 27.8 Å². The van der Waals surface area contributed by atoms with Gasteiger partial charge in [0.2, 0.25) is 0 Å². The number of phenolic OH excluding ortho intramolecular Hbond substituents is 1. The summed E-state index contributed by atoms with van der Waals surface area (Å²) in [6.45, 7) is 4.05. The first-order valence-electron chi connectivity index (χ1n) is 16.4. The number of hydrogen-bond acceptors (Lipinski definition) is 8. The molecule has 5 aliphatic rings. The molecule has 8 nitrogen and oxygen atoms in total. The predicted molar refractivity (Wildman–Crippen MR) is 172 cm³/mol. The van der Waals surface area contributed by atoms with E-state index in [0.29, 0.717) is 47.2 Å². The molecule has 11 heteroatoms. The third kappa shape index (κ3) is 4.30. The number of phenols is 1. The van der Waals surface area contributed by atoms with Crippen molar-refractivity contribution in [3.63, 3.8) is 0 Å². The summed E-state index contributed by atoms with van der Waals surface area (Å²) in [5.74, 6) is 1.87. The van der Waals surface area contributed by atoms with Crippen LogP contribution in [-0.2, 0) is 0 Å². The van der Waals surface area contributed by atoms with E-state index in [2.05, 4.69) is 26.0 Å². The van der Waals surface area contributed by atoms with Gasteiger partial charge < -0.3 is 24.8 Å². The van der Waals surface area contributed by atoms with Gasteiger partial charge in [-0.1, -0.05) is 12.0 Å². The number of rotatable bonds is 4. The second kappa shape index (κ2) is 10.4. The summed E-state index contributed by atoms with van der Waals surface area (Å²) in [5, 5.41) is 15.6. The molecule has 0 aliphatic carbocycles. The minimum Gasteiger partial charge on any atom is -0.508 e. The number of nitrogens with one attached hydrogen (secondary N) is 1. The molecule has 242 valence electrons. The molecule has 0 saturated carbocycles. The largest absolute Gasteiger partial charge is 0.508 e. The first kappa shape index (κ1) is 28.9. The van der Waals surface area contributed by atoms with Crippen molar-refractivity contribution in [2.45, 2.75) is 75.0 Å². The first-order valence-corrected chi connectivity index (χ1v) is 16.4. The minimum atomic E-state index is -0.922. The number of terminal acetylenes is 1. The van der Waals surface area contributed by atoms with Crippen LogP contribution < -0.4 is 19.7 Å². The van der Waals surface area contributed by atoms with Gasteiger partial charge in [0.05, 0.1) is 22.5 Å². The summed E-state index contributed by atoms with van der Waals surface area (Å²) < 4.78 is 59.7. The predicted octanol–water partition coefficient (Wildman–Crippen LogP) is 5.46. The summed E-state index contributed by atoms with van der Waals surface area (Å²) in [7, 11) is 0. The summed E-state index contributed by atoms with van der Waals surface area (Å²) in [6.07, 6.45) is 8.67. The van der Waals surface area contributed by atoms with E-state index in [1.807, 2.05) is 6.92 Å². The molecule has 1 aromatic heterocycles. The van der Waals surface area contributed by atoms with E-state index in [0.717, 1.165) is 32.2 Å². The number of aromatic hydroxyl groups is 1. The molecule has 4 fully saturated rings. The Morgan fingerprint density at radius 1 is 1.15 bits per heavy atom. The highest BCUT2D eigenvalue weighted by Gasteiger charge is 2.50. The number of halogens is 3. The van der Waals surface area contributed by atoms with Crippen molar-refractivity contribution in [2.75, 3.05) is 31.1 Å². The smallest absolute Gasteiger partial charge is 0.319 e. The van der Waals surface area contributed by atoms with Crippen LogP contribution in [0.25, 0.3) is 32.8 Å². The quantitative estimate of drug-likeness (QED) is 0.285. The second-order valence-corrected chi connectivity index (χ2v) is 13.8. The Balaban J connectivity index is 1.26. The fourth-order valence-electron chi connectivity index (χ4n) is 9.11. The van der Waals surface area contributed by atoms with E-state index in [1.165, 1.54) is 24.3 Å². The highest BCUT2D eigenvalue weighted by atomic mass is 19.1. The van der Waals surface area contributed by atoms with Crippen molar-refractivity contribution in [2.24, 2.45) is 0 Å². The molecule has 0 radical (unpaired) electrons. The minimum absolute atomic E-state index is 0.00772. The Hall–Kier alpha value is -4.27. The third-order valence-electron chi connectivity index (χ3n) is 11.1. The number of piperazine rings is 1. The highest BCUT2D eigenvalue weighted by Crippen LogP contribution is 2.48. The SMILES string of the molecule is C#Cc1c(F)ccc2cc(O)cc(-c3cc4c5c(nc(OC[C@@]67CCCN6C[C@H](F)C7)nc5c3F)N3C[C@H]5CC[C@H](N5)[C@H]3[C@H](C)O4)c12. The van der Waals surface area contributed by atoms with Gasteiger partial charge in [-0.3, -0.25) is 4.90 Å². The number of anilines is 1. The van der Waals surface area contributed by atoms with Crippen molar-refractivity contribution in [3.8, 4) is 41.0 Å². The monoisotopic (exact) mass is 641 g/mol. The number of aromatic nitrogens is 2. The van der Waals surface area contributed by atoms with Crippen LogP contribution in [0.3, 0.4) is 0 Å². The molecule has 6 heterocycles. The van der Waals surface area contributed by atoms with E-state index < -0.39 is 23.3 Å². The summed E-state index contributed by atoms with van der Waals surface area (Å²) in [6, 6.07) is 7.50. The normalized spacial score (nSPS) is 29.4. The van der Waals surface area contributed by atoms with Crippen LogP contribution >= 0.6 is 0 Å². The molecule has 47 heavy (non-hydrogen) atoms. The van der Waals surface area contributed by atoms with Gasteiger partial charge in [-0.2, -0.15) is 9.97 Å². The van der Waals surface area contributed by atoms with Gasteiger partial charge in [-0.05, 0) is 74.4 Å². The molecule has 3 aromatic carbocycles. The lowest BCUT2D eigenvalue weighted by atomic mass is 9.92. The van der Waals surface area contributed by atoms with E-state index in [-0.39, 0.29) is 64.8 Å². The number of ether oxygens (including phenoxy) is 2. The van der Waals surface area contributed by atoms with E-state index >= 15 is 8.78 Å². The van der Waals surface area contributed by atoms with Crippen molar-refractivity contribution in [1.29, 1.82) is 0 Å². The zero-order valence-electron chi connectivity index (χ0n) is 25.9. The Kier molecular flexibility index (Phi) is 6.38. The molecule has 4 aromatic rings. The average molecular weight is 642 g/mol. The summed E-state index contributed by atoms with van der Waals surface area (Å²) in [4.78, 5) is 13.9. The molecule has 4 saturated heterocycles. The Morgan fingerprint density at radius 2 is 2.02 bits per heavy atom. The lowest BCUT2D eigenvalue weighted by Gasteiger charge is -2.43. The summed E-state index contributed by atoms with van der Waals surface area (Å²) >= 11 is 0. The Morgan fingerprint density at radius 3 is 2.87 bits per heavy atom. The summed E-state index contributed by atoms with van der Waals surface area (Å²) in [5.41, 5.74) is -0.226. The van der Waals surface area contributed by atoms with Gasteiger partial charge >= 0.3 is 6.01 Å². The highest BCUT2D eigenvalue weighted by molar-refractivity contribution is 6.06.